The fourth-order valence-electron chi connectivity index (χ4n) is 2.92. The number of hydrogen-bond donors (Lipinski definition) is 1. The van der Waals surface area contributed by atoms with Gasteiger partial charge < -0.3 is 10.2 Å². The number of hydrogen-bond acceptors (Lipinski definition) is 3. The summed E-state index contributed by atoms with van der Waals surface area (Å²) in [5.41, 5.74) is 0.605. The van der Waals surface area contributed by atoms with Gasteiger partial charge in [-0.15, -0.1) is 11.3 Å². The molecule has 0 spiro atoms. The normalized spacial score (nSPS) is 17.4. The fraction of sp³-hybridized carbons (Fsp3) is 0.333. The van der Waals surface area contributed by atoms with E-state index in [2.05, 4.69) is 21.2 Å². The molecule has 25 heavy (non-hydrogen) atoms. The van der Waals surface area contributed by atoms with Gasteiger partial charge in [0.05, 0.1) is 16.2 Å². The smallest absolute Gasteiger partial charge is 0.253 e. The van der Waals surface area contributed by atoms with Gasteiger partial charge in [0.1, 0.15) is 0 Å². The van der Waals surface area contributed by atoms with Crippen molar-refractivity contribution in [1.29, 1.82) is 0 Å². The molecular weight excluding hydrogens is 424 g/mol. The van der Waals surface area contributed by atoms with Gasteiger partial charge >= 0.3 is 0 Å². The minimum absolute atomic E-state index is 0.0122. The number of thiophene rings is 1. The minimum atomic E-state index is -0.159. The van der Waals surface area contributed by atoms with Crippen molar-refractivity contribution < 1.29 is 9.59 Å². The lowest BCUT2D eigenvalue weighted by molar-refractivity contribution is -0.126. The summed E-state index contributed by atoms with van der Waals surface area (Å²) in [6, 6.07) is 10.8. The number of piperidine rings is 1. The van der Waals surface area contributed by atoms with Gasteiger partial charge in [-0.1, -0.05) is 11.6 Å². The quantitative estimate of drug-likeness (QED) is 0.767. The van der Waals surface area contributed by atoms with Gasteiger partial charge in [0.25, 0.3) is 5.91 Å². The highest BCUT2D eigenvalue weighted by atomic mass is 79.9. The van der Waals surface area contributed by atoms with Crippen LogP contribution in [0, 0.1) is 5.92 Å². The van der Waals surface area contributed by atoms with Gasteiger partial charge in [-0.25, -0.2) is 0 Å². The Balaban J connectivity index is 1.57. The summed E-state index contributed by atoms with van der Waals surface area (Å²) in [5.74, 6) is -0.192. The number of benzene rings is 1. The Morgan fingerprint density at radius 1 is 1.24 bits per heavy atom. The highest BCUT2D eigenvalue weighted by Gasteiger charge is 2.28. The Hall–Kier alpha value is -1.37. The number of rotatable bonds is 4. The summed E-state index contributed by atoms with van der Waals surface area (Å²) < 4.78 is 1.05. The number of nitrogens with zero attached hydrogens (tertiary/aromatic N) is 1. The lowest BCUT2D eigenvalue weighted by atomic mass is 9.96. The van der Waals surface area contributed by atoms with E-state index < -0.39 is 0 Å². The first-order valence-electron chi connectivity index (χ1n) is 8.09. The average Bonchev–Trinajstić information content (AvgIpc) is 3.05. The molecular formula is C18H18BrClN2O2S. The molecule has 1 N–H and O–H groups in total. The van der Waals surface area contributed by atoms with Crippen LogP contribution in [0.4, 0.5) is 0 Å². The molecule has 2 aromatic rings. The maximum absolute atomic E-state index is 12.6. The SMILES string of the molecule is O=C(NCc1ccc(Br)s1)C1CCCN(C(=O)c2ccc(Cl)cc2)C1. The van der Waals surface area contributed by atoms with Crippen LogP contribution in [-0.4, -0.2) is 29.8 Å². The van der Waals surface area contributed by atoms with E-state index in [1.54, 1.807) is 40.5 Å². The van der Waals surface area contributed by atoms with Crippen LogP contribution in [0.2, 0.25) is 5.02 Å². The monoisotopic (exact) mass is 440 g/mol. The summed E-state index contributed by atoms with van der Waals surface area (Å²) in [6.45, 7) is 1.67. The number of carbonyl (C=O) groups excluding carboxylic acids is 2. The van der Waals surface area contributed by atoms with E-state index in [9.17, 15) is 9.59 Å². The first-order valence-corrected chi connectivity index (χ1v) is 10.1. The molecule has 132 valence electrons. The van der Waals surface area contributed by atoms with Crippen molar-refractivity contribution in [3.8, 4) is 0 Å². The van der Waals surface area contributed by atoms with Gasteiger partial charge in [-0.05, 0) is 65.2 Å². The number of halogens is 2. The van der Waals surface area contributed by atoms with Crippen LogP contribution in [0.25, 0.3) is 0 Å². The van der Waals surface area contributed by atoms with Crippen LogP contribution in [0.3, 0.4) is 0 Å². The molecule has 7 heteroatoms. The maximum Gasteiger partial charge on any atom is 0.253 e. The van der Waals surface area contributed by atoms with Crippen LogP contribution >= 0.6 is 38.9 Å². The Morgan fingerprint density at radius 3 is 2.68 bits per heavy atom. The predicted molar refractivity (Wildman–Crippen MR) is 104 cm³/mol. The third-order valence-corrected chi connectivity index (χ3v) is 6.11. The zero-order valence-electron chi connectivity index (χ0n) is 13.5. The van der Waals surface area contributed by atoms with E-state index in [1.807, 2.05) is 12.1 Å². The molecule has 1 aromatic heterocycles. The van der Waals surface area contributed by atoms with Gasteiger partial charge in [0.15, 0.2) is 0 Å². The van der Waals surface area contributed by atoms with E-state index in [4.69, 9.17) is 11.6 Å². The maximum atomic E-state index is 12.6. The van der Waals surface area contributed by atoms with Gasteiger partial charge in [0, 0.05) is 28.6 Å². The summed E-state index contributed by atoms with van der Waals surface area (Å²) >= 11 is 10.9. The Morgan fingerprint density at radius 2 is 2.00 bits per heavy atom. The van der Waals surface area contributed by atoms with Crippen LogP contribution in [0.15, 0.2) is 40.2 Å². The molecule has 1 unspecified atom stereocenters. The summed E-state index contributed by atoms with van der Waals surface area (Å²) in [7, 11) is 0. The van der Waals surface area contributed by atoms with Crippen molar-refractivity contribution in [3.05, 3.63) is 55.6 Å². The topological polar surface area (TPSA) is 49.4 Å². The summed E-state index contributed by atoms with van der Waals surface area (Å²) in [6.07, 6.45) is 1.65. The van der Waals surface area contributed by atoms with Crippen molar-refractivity contribution >= 4 is 50.7 Å². The molecule has 3 rings (SSSR count). The lowest BCUT2D eigenvalue weighted by Gasteiger charge is -2.32. The van der Waals surface area contributed by atoms with Crippen molar-refractivity contribution in [2.75, 3.05) is 13.1 Å². The third-order valence-electron chi connectivity index (χ3n) is 4.24. The van der Waals surface area contributed by atoms with E-state index in [1.165, 1.54) is 0 Å². The second kappa shape index (κ2) is 8.34. The Bertz CT molecular complexity index is 763. The Kier molecular flexibility index (Phi) is 6.15. The van der Waals surface area contributed by atoms with E-state index >= 15 is 0 Å². The highest BCUT2D eigenvalue weighted by molar-refractivity contribution is 9.11. The second-order valence-electron chi connectivity index (χ2n) is 6.02. The standard InChI is InChI=1S/C18H18BrClN2O2S/c19-16-8-7-15(25-16)10-21-17(23)13-2-1-9-22(11-13)18(24)12-3-5-14(20)6-4-12/h3-8,13H,1-2,9-11H2,(H,21,23). The molecule has 2 heterocycles. The molecule has 1 aliphatic rings. The molecule has 1 fully saturated rings. The molecule has 4 nitrogen and oxygen atoms in total. The van der Waals surface area contributed by atoms with Crippen molar-refractivity contribution in [2.24, 2.45) is 5.92 Å². The first kappa shape index (κ1) is 18.4. The molecule has 1 atom stereocenters. The molecule has 2 amide bonds. The highest BCUT2D eigenvalue weighted by Crippen LogP contribution is 2.23. The van der Waals surface area contributed by atoms with E-state index in [0.29, 0.717) is 30.2 Å². The van der Waals surface area contributed by atoms with Crippen LogP contribution in [-0.2, 0) is 11.3 Å². The summed E-state index contributed by atoms with van der Waals surface area (Å²) in [5, 5.41) is 3.59. The molecule has 1 aliphatic heterocycles. The van der Waals surface area contributed by atoms with Crippen molar-refractivity contribution in [2.45, 2.75) is 19.4 Å². The van der Waals surface area contributed by atoms with Crippen molar-refractivity contribution in [3.63, 3.8) is 0 Å². The van der Waals surface area contributed by atoms with E-state index in [-0.39, 0.29) is 17.7 Å². The predicted octanol–water partition coefficient (Wildman–Crippen LogP) is 4.33. The number of carbonyl (C=O) groups is 2. The van der Waals surface area contributed by atoms with Crippen LogP contribution in [0.5, 0.6) is 0 Å². The van der Waals surface area contributed by atoms with E-state index in [0.717, 1.165) is 21.5 Å². The van der Waals surface area contributed by atoms with Gasteiger partial charge in [0.2, 0.25) is 5.91 Å². The minimum Gasteiger partial charge on any atom is -0.351 e. The molecule has 0 aliphatic carbocycles. The Labute approximate surface area is 164 Å². The second-order valence-corrected chi connectivity index (χ2v) is 9.00. The third kappa shape index (κ3) is 4.84. The largest absolute Gasteiger partial charge is 0.351 e. The molecule has 0 bridgehead atoms. The molecule has 0 radical (unpaired) electrons. The molecule has 1 aromatic carbocycles. The van der Waals surface area contributed by atoms with Crippen LogP contribution in [0.1, 0.15) is 28.1 Å². The number of likely N-dealkylation sites (tertiary alicyclic amines) is 1. The lowest BCUT2D eigenvalue weighted by Crippen LogP contribution is -2.45. The number of amides is 2. The summed E-state index contributed by atoms with van der Waals surface area (Å²) in [4.78, 5) is 27.9. The zero-order chi connectivity index (χ0) is 17.8. The first-order chi connectivity index (χ1) is 12.0. The van der Waals surface area contributed by atoms with Gasteiger partial charge in [-0.3, -0.25) is 9.59 Å². The zero-order valence-corrected chi connectivity index (χ0v) is 16.7. The van der Waals surface area contributed by atoms with Crippen LogP contribution < -0.4 is 5.32 Å². The molecule has 0 saturated carbocycles. The number of nitrogens with one attached hydrogen (secondary N) is 1. The van der Waals surface area contributed by atoms with Crippen molar-refractivity contribution in [1.82, 2.24) is 10.2 Å². The average molecular weight is 442 g/mol. The van der Waals surface area contributed by atoms with Gasteiger partial charge in [-0.2, -0.15) is 0 Å². The molecule has 1 saturated heterocycles. The fourth-order valence-corrected chi connectivity index (χ4v) is 4.46.